The van der Waals surface area contributed by atoms with Crippen LogP contribution in [0.5, 0.6) is 5.88 Å². The number of hydrogen-bond acceptors (Lipinski definition) is 5. The molecule has 1 aliphatic heterocycles. The Bertz CT molecular complexity index is 374. The summed E-state index contributed by atoms with van der Waals surface area (Å²) in [6.45, 7) is 5.25. The lowest BCUT2D eigenvalue weighted by Crippen LogP contribution is -2.48. The zero-order chi connectivity index (χ0) is 13.0. The van der Waals surface area contributed by atoms with Gasteiger partial charge in [-0.25, -0.2) is 4.98 Å². The third kappa shape index (κ3) is 2.63. The second-order valence-corrected chi connectivity index (χ2v) is 4.32. The monoisotopic (exact) mass is 251 g/mol. The summed E-state index contributed by atoms with van der Waals surface area (Å²) in [4.78, 5) is 6.86. The number of morpholine rings is 1. The number of pyridine rings is 1. The zero-order valence-electron chi connectivity index (χ0n) is 11.0. The highest BCUT2D eigenvalue weighted by atomic mass is 16.5. The van der Waals surface area contributed by atoms with Gasteiger partial charge in [-0.1, -0.05) is 13.0 Å². The molecule has 1 aliphatic rings. The van der Waals surface area contributed by atoms with Crippen LogP contribution in [-0.4, -0.2) is 49.3 Å². The van der Waals surface area contributed by atoms with Crippen LogP contribution in [0.25, 0.3) is 0 Å². The Kier molecular flexibility index (Phi) is 4.52. The number of likely N-dealkylation sites (N-methyl/N-ethyl adjacent to an activating group) is 1. The zero-order valence-corrected chi connectivity index (χ0v) is 11.0. The first-order valence-corrected chi connectivity index (χ1v) is 6.36. The van der Waals surface area contributed by atoms with Gasteiger partial charge in [0.1, 0.15) is 0 Å². The van der Waals surface area contributed by atoms with Crippen molar-refractivity contribution < 1.29 is 9.47 Å². The van der Waals surface area contributed by atoms with Gasteiger partial charge in [0.2, 0.25) is 5.88 Å². The molecule has 1 aromatic heterocycles. The summed E-state index contributed by atoms with van der Waals surface area (Å²) in [5.74, 6) is 0.630. The highest BCUT2D eigenvalue weighted by Crippen LogP contribution is 2.28. The summed E-state index contributed by atoms with van der Waals surface area (Å²) >= 11 is 0. The van der Waals surface area contributed by atoms with Crippen LogP contribution in [0, 0.1) is 0 Å². The summed E-state index contributed by atoms with van der Waals surface area (Å²) < 4.78 is 10.9. The lowest BCUT2D eigenvalue weighted by atomic mass is 10.0. The van der Waals surface area contributed by atoms with Crippen molar-refractivity contribution in [1.29, 1.82) is 0 Å². The molecule has 0 bridgehead atoms. The maximum Gasteiger partial charge on any atom is 0.213 e. The molecule has 2 heterocycles. The lowest BCUT2D eigenvalue weighted by molar-refractivity contribution is -0.0672. The fourth-order valence-electron chi connectivity index (χ4n) is 2.43. The van der Waals surface area contributed by atoms with Gasteiger partial charge in [-0.2, -0.15) is 0 Å². The molecule has 0 saturated carbocycles. The fraction of sp³-hybridized carbons (Fsp3) is 0.615. The number of nitrogens with zero attached hydrogens (tertiary/aromatic N) is 2. The van der Waals surface area contributed by atoms with Gasteiger partial charge in [0.25, 0.3) is 0 Å². The first kappa shape index (κ1) is 13.3. The molecule has 5 heteroatoms. The minimum Gasteiger partial charge on any atom is -0.481 e. The third-order valence-corrected chi connectivity index (χ3v) is 3.35. The Balaban J connectivity index is 2.29. The number of rotatable bonds is 4. The molecular weight excluding hydrogens is 230 g/mol. The minimum absolute atomic E-state index is 0.00157. The Morgan fingerprint density at radius 1 is 1.56 bits per heavy atom. The normalized spacial score (nSPS) is 25.1. The van der Waals surface area contributed by atoms with E-state index in [1.165, 1.54) is 0 Å². The van der Waals surface area contributed by atoms with E-state index in [1.807, 2.05) is 18.2 Å². The Labute approximate surface area is 108 Å². The Morgan fingerprint density at radius 3 is 3.06 bits per heavy atom. The summed E-state index contributed by atoms with van der Waals surface area (Å²) in [5.41, 5.74) is 6.77. The van der Waals surface area contributed by atoms with Crippen molar-refractivity contribution in [2.75, 3.05) is 33.4 Å². The van der Waals surface area contributed by atoms with E-state index in [9.17, 15) is 0 Å². The van der Waals surface area contributed by atoms with Crippen molar-refractivity contribution in [3.8, 4) is 5.88 Å². The van der Waals surface area contributed by atoms with Gasteiger partial charge in [0.05, 0.1) is 31.6 Å². The average molecular weight is 251 g/mol. The van der Waals surface area contributed by atoms with Crippen LogP contribution in [0.15, 0.2) is 18.2 Å². The first-order valence-electron chi connectivity index (χ1n) is 6.36. The average Bonchev–Trinajstić information content (AvgIpc) is 2.46. The molecule has 5 nitrogen and oxygen atoms in total. The predicted octanol–water partition coefficient (Wildman–Crippen LogP) is 0.811. The van der Waals surface area contributed by atoms with Crippen molar-refractivity contribution in [2.45, 2.75) is 19.1 Å². The molecule has 2 rings (SSSR count). The quantitative estimate of drug-likeness (QED) is 0.858. The van der Waals surface area contributed by atoms with Gasteiger partial charge < -0.3 is 15.2 Å². The van der Waals surface area contributed by atoms with Crippen molar-refractivity contribution in [2.24, 2.45) is 5.73 Å². The highest BCUT2D eigenvalue weighted by molar-refractivity contribution is 5.19. The smallest absolute Gasteiger partial charge is 0.213 e. The number of aromatic nitrogens is 1. The molecular formula is C13H21N3O2. The van der Waals surface area contributed by atoms with Crippen molar-refractivity contribution in [3.63, 3.8) is 0 Å². The second-order valence-electron chi connectivity index (χ2n) is 4.32. The maximum atomic E-state index is 5.81. The van der Waals surface area contributed by atoms with Crippen LogP contribution >= 0.6 is 0 Å². The van der Waals surface area contributed by atoms with Crippen molar-refractivity contribution >= 4 is 0 Å². The first-order chi connectivity index (χ1) is 8.80. The topological polar surface area (TPSA) is 60.6 Å². The van der Waals surface area contributed by atoms with Crippen molar-refractivity contribution in [3.05, 3.63) is 23.9 Å². The lowest BCUT2D eigenvalue weighted by Gasteiger charge is -2.40. The molecule has 0 radical (unpaired) electrons. The van der Waals surface area contributed by atoms with Crippen LogP contribution in [0.1, 0.15) is 18.7 Å². The molecule has 2 N–H and O–H groups in total. The van der Waals surface area contributed by atoms with Crippen LogP contribution in [0.2, 0.25) is 0 Å². The number of nitrogens with two attached hydrogens (primary N) is 1. The number of methoxy groups -OCH3 is 1. The molecule has 2 unspecified atom stereocenters. The van der Waals surface area contributed by atoms with Gasteiger partial charge in [-0.15, -0.1) is 0 Å². The molecule has 1 fully saturated rings. The number of hydrogen-bond donors (Lipinski definition) is 1. The summed E-state index contributed by atoms with van der Waals surface area (Å²) in [7, 11) is 1.63. The molecule has 1 aromatic rings. The minimum atomic E-state index is -0.00157. The van der Waals surface area contributed by atoms with Gasteiger partial charge in [0.15, 0.2) is 0 Å². The number of ether oxygens (including phenoxy) is 2. The largest absolute Gasteiger partial charge is 0.481 e. The molecule has 2 atom stereocenters. The second kappa shape index (κ2) is 6.13. The van der Waals surface area contributed by atoms with Gasteiger partial charge in [-0.05, 0) is 12.6 Å². The summed E-state index contributed by atoms with van der Waals surface area (Å²) in [5, 5.41) is 0. The van der Waals surface area contributed by atoms with E-state index in [0.717, 1.165) is 25.4 Å². The van der Waals surface area contributed by atoms with E-state index in [2.05, 4.69) is 16.8 Å². The molecule has 0 amide bonds. The van der Waals surface area contributed by atoms with Crippen LogP contribution in [0.4, 0.5) is 0 Å². The van der Waals surface area contributed by atoms with E-state index >= 15 is 0 Å². The van der Waals surface area contributed by atoms with E-state index in [1.54, 1.807) is 7.11 Å². The SMILES string of the molecule is CCN1CCOC(CN)C1c1cccc(OC)n1. The molecule has 100 valence electrons. The van der Waals surface area contributed by atoms with Crippen LogP contribution in [0.3, 0.4) is 0 Å². The molecule has 0 spiro atoms. The third-order valence-electron chi connectivity index (χ3n) is 3.35. The van der Waals surface area contributed by atoms with E-state index in [4.69, 9.17) is 15.2 Å². The standard InChI is InChI=1S/C13H21N3O2/c1-3-16-7-8-18-11(9-14)13(16)10-5-4-6-12(15-10)17-2/h4-6,11,13H,3,7-9,14H2,1-2H3. The Hall–Kier alpha value is -1.17. The van der Waals surface area contributed by atoms with Crippen LogP contribution in [-0.2, 0) is 4.74 Å². The van der Waals surface area contributed by atoms with Gasteiger partial charge in [0, 0.05) is 19.2 Å². The predicted molar refractivity (Wildman–Crippen MR) is 69.6 cm³/mol. The molecule has 18 heavy (non-hydrogen) atoms. The summed E-state index contributed by atoms with van der Waals surface area (Å²) in [6, 6.07) is 5.93. The Morgan fingerprint density at radius 2 is 2.39 bits per heavy atom. The molecule has 0 aliphatic carbocycles. The van der Waals surface area contributed by atoms with E-state index in [0.29, 0.717) is 12.4 Å². The van der Waals surface area contributed by atoms with Gasteiger partial charge in [-0.3, -0.25) is 4.90 Å². The summed E-state index contributed by atoms with van der Waals surface area (Å²) in [6.07, 6.45) is -0.00157. The molecule has 0 aromatic carbocycles. The fourth-order valence-corrected chi connectivity index (χ4v) is 2.43. The van der Waals surface area contributed by atoms with E-state index in [-0.39, 0.29) is 12.1 Å². The molecule has 1 saturated heterocycles. The van der Waals surface area contributed by atoms with Crippen molar-refractivity contribution in [1.82, 2.24) is 9.88 Å². The van der Waals surface area contributed by atoms with Gasteiger partial charge >= 0.3 is 0 Å². The highest BCUT2D eigenvalue weighted by Gasteiger charge is 2.32. The maximum absolute atomic E-state index is 5.81. The van der Waals surface area contributed by atoms with Crippen LogP contribution < -0.4 is 10.5 Å². The van der Waals surface area contributed by atoms with E-state index < -0.39 is 0 Å².